The maximum Gasteiger partial charge on any atom is 0.250 e. The zero-order valence-corrected chi connectivity index (χ0v) is 8.97. The number of aliphatic hydroxyl groups excluding tert-OH is 1. The van der Waals surface area contributed by atoms with Gasteiger partial charge in [-0.2, -0.15) is 0 Å². The third-order valence-corrected chi connectivity index (χ3v) is 2.54. The van der Waals surface area contributed by atoms with Crippen LogP contribution in [0.25, 0.3) is 0 Å². The molecule has 1 aromatic heterocycles. The van der Waals surface area contributed by atoms with Gasteiger partial charge in [0.15, 0.2) is 0 Å². The Kier molecular flexibility index (Phi) is 2.88. The van der Waals surface area contributed by atoms with Crippen molar-refractivity contribution >= 4 is 0 Å². The van der Waals surface area contributed by atoms with E-state index in [0.29, 0.717) is 11.1 Å². The minimum Gasteiger partial charge on any atom is -0.384 e. The van der Waals surface area contributed by atoms with Gasteiger partial charge in [0, 0.05) is 17.3 Å². The van der Waals surface area contributed by atoms with Gasteiger partial charge in [0.05, 0.1) is 0 Å². The highest BCUT2D eigenvalue weighted by Crippen LogP contribution is 2.20. The second-order valence-corrected chi connectivity index (χ2v) is 3.76. The summed E-state index contributed by atoms with van der Waals surface area (Å²) in [5.41, 5.74) is 1.99. The van der Waals surface area contributed by atoms with Crippen LogP contribution in [0, 0.1) is 6.92 Å². The van der Waals surface area contributed by atoms with E-state index in [2.05, 4.69) is 4.98 Å². The van der Waals surface area contributed by atoms with Crippen LogP contribution >= 0.6 is 0 Å². The molecule has 3 nitrogen and oxygen atoms in total. The Morgan fingerprint density at radius 1 is 1.19 bits per heavy atom. The van der Waals surface area contributed by atoms with Gasteiger partial charge < -0.3 is 10.1 Å². The molecule has 2 N–H and O–H groups in total. The molecule has 3 heteroatoms. The number of aromatic amines is 1. The molecule has 1 heterocycles. The quantitative estimate of drug-likeness (QED) is 0.802. The third kappa shape index (κ3) is 2.04. The molecule has 0 saturated carbocycles. The van der Waals surface area contributed by atoms with Gasteiger partial charge >= 0.3 is 0 Å². The molecule has 0 amide bonds. The lowest BCUT2D eigenvalue weighted by atomic mass is 10.0. The Labute approximate surface area is 93.4 Å². The van der Waals surface area contributed by atoms with Crippen molar-refractivity contribution in [2.45, 2.75) is 13.0 Å². The second kappa shape index (κ2) is 4.33. The fraction of sp³-hybridized carbons (Fsp3) is 0.154. The van der Waals surface area contributed by atoms with Crippen LogP contribution in [0.3, 0.4) is 0 Å². The molecule has 0 aliphatic rings. The molecule has 2 aromatic rings. The molecule has 0 bridgehead atoms. The first-order valence-corrected chi connectivity index (χ1v) is 5.11. The van der Waals surface area contributed by atoms with Gasteiger partial charge in [-0.1, -0.05) is 30.3 Å². The monoisotopic (exact) mass is 215 g/mol. The molecule has 0 saturated heterocycles. The summed E-state index contributed by atoms with van der Waals surface area (Å²) in [6.07, 6.45) is 0.851. The first kappa shape index (κ1) is 10.6. The van der Waals surface area contributed by atoms with Crippen LogP contribution < -0.4 is 5.56 Å². The smallest absolute Gasteiger partial charge is 0.250 e. The average Bonchev–Trinajstić information content (AvgIpc) is 2.33. The van der Waals surface area contributed by atoms with Gasteiger partial charge in [-0.15, -0.1) is 0 Å². The molecule has 0 radical (unpaired) electrons. The first-order valence-electron chi connectivity index (χ1n) is 5.11. The summed E-state index contributed by atoms with van der Waals surface area (Å²) < 4.78 is 0. The number of hydrogen-bond acceptors (Lipinski definition) is 2. The van der Waals surface area contributed by atoms with E-state index in [0.717, 1.165) is 5.56 Å². The fourth-order valence-electron chi connectivity index (χ4n) is 1.61. The van der Waals surface area contributed by atoms with E-state index in [9.17, 15) is 9.90 Å². The van der Waals surface area contributed by atoms with E-state index >= 15 is 0 Å². The topological polar surface area (TPSA) is 53.1 Å². The highest BCUT2D eigenvalue weighted by atomic mass is 16.3. The van der Waals surface area contributed by atoms with Gasteiger partial charge in [0.2, 0.25) is 0 Å². The number of benzene rings is 1. The van der Waals surface area contributed by atoms with E-state index in [-0.39, 0.29) is 5.56 Å². The molecule has 1 aromatic carbocycles. The highest BCUT2D eigenvalue weighted by molar-refractivity contribution is 5.29. The predicted molar refractivity (Wildman–Crippen MR) is 62.3 cm³/mol. The minimum atomic E-state index is -0.697. The summed E-state index contributed by atoms with van der Waals surface area (Å²) in [4.78, 5) is 13.8. The predicted octanol–water partition coefficient (Wildman–Crippen LogP) is 1.77. The van der Waals surface area contributed by atoms with Crippen molar-refractivity contribution in [3.05, 3.63) is 69.6 Å². The van der Waals surface area contributed by atoms with Gasteiger partial charge in [-0.25, -0.2) is 0 Å². The van der Waals surface area contributed by atoms with Crippen LogP contribution in [-0.4, -0.2) is 10.1 Å². The zero-order valence-electron chi connectivity index (χ0n) is 8.97. The lowest BCUT2D eigenvalue weighted by molar-refractivity contribution is 0.219. The molecular formula is C13H13NO2. The van der Waals surface area contributed by atoms with E-state index in [1.807, 2.05) is 30.3 Å². The lowest BCUT2D eigenvalue weighted by Crippen LogP contribution is -2.11. The van der Waals surface area contributed by atoms with Crippen LogP contribution in [0.15, 0.2) is 47.4 Å². The highest BCUT2D eigenvalue weighted by Gasteiger charge is 2.10. The van der Waals surface area contributed by atoms with Crippen LogP contribution in [0.1, 0.15) is 22.8 Å². The lowest BCUT2D eigenvalue weighted by Gasteiger charge is -2.11. The van der Waals surface area contributed by atoms with E-state index < -0.39 is 6.10 Å². The minimum absolute atomic E-state index is 0.121. The maximum atomic E-state index is 11.2. The molecule has 82 valence electrons. The summed E-state index contributed by atoms with van der Waals surface area (Å²) in [5.74, 6) is 0. The molecule has 0 spiro atoms. The standard InChI is InChI=1S/C13H13NO2/c1-9-7-11(8-14-13(9)16)12(15)10-5-3-2-4-6-10/h2-8,12,15H,1H3,(H,14,16)/t12-/m1/s1. The normalized spacial score (nSPS) is 12.4. The number of nitrogens with one attached hydrogen (secondary N) is 1. The molecule has 0 aliphatic carbocycles. The zero-order chi connectivity index (χ0) is 11.5. The van der Waals surface area contributed by atoms with Gasteiger partial charge in [0.1, 0.15) is 6.10 Å². The number of rotatable bonds is 2. The molecular weight excluding hydrogens is 202 g/mol. The second-order valence-electron chi connectivity index (χ2n) is 3.76. The van der Waals surface area contributed by atoms with Crippen molar-refractivity contribution in [1.82, 2.24) is 4.98 Å². The molecule has 16 heavy (non-hydrogen) atoms. The number of hydrogen-bond donors (Lipinski definition) is 2. The maximum absolute atomic E-state index is 11.2. The summed E-state index contributed by atoms with van der Waals surface area (Å²) >= 11 is 0. The van der Waals surface area contributed by atoms with Crippen LogP contribution in [0.4, 0.5) is 0 Å². The summed E-state index contributed by atoms with van der Waals surface area (Å²) in [6.45, 7) is 1.72. The summed E-state index contributed by atoms with van der Waals surface area (Å²) in [6, 6.07) is 11.1. The van der Waals surface area contributed by atoms with Crippen LogP contribution in [0.5, 0.6) is 0 Å². The first-order chi connectivity index (χ1) is 7.68. The molecule has 0 unspecified atom stereocenters. The SMILES string of the molecule is Cc1cc([C@H](O)c2ccccc2)c[nH]c1=O. The number of H-pyrrole nitrogens is 1. The van der Waals surface area contributed by atoms with E-state index in [1.54, 1.807) is 19.2 Å². The van der Waals surface area contributed by atoms with Crippen LogP contribution in [0.2, 0.25) is 0 Å². The molecule has 0 aliphatic heterocycles. The third-order valence-electron chi connectivity index (χ3n) is 2.54. The van der Waals surface area contributed by atoms with Crippen molar-refractivity contribution in [1.29, 1.82) is 0 Å². The number of aromatic nitrogens is 1. The Balaban J connectivity index is 2.38. The van der Waals surface area contributed by atoms with Gasteiger partial charge in [-0.05, 0) is 18.6 Å². The van der Waals surface area contributed by atoms with Crippen molar-refractivity contribution in [3.8, 4) is 0 Å². The summed E-state index contributed by atoms with van der Waals surface area (Å²) in [5, 5.41) is 10.1. The summed E-state index contributed by atoms with van der Waals surface area (Å²) in [7, 11) is 0. The Bertz CT molecular complexity index is 531. The fourth-order valence-corrected chi connectivity index (χ4v) is 1.61. The van der Waals surface area contributed by atoms with Crippen molar-refractivity contribution in [2.24, 2.45) is 0 Å². The van der Waals surface area contributed by atoms with Gasteiger partial charge in [-0.3, -0.25) is 4.79 Å². The van der Waals surface area contributed by atoms with Crippen molar-refractivity contribution in [2.75, 3.05) is 0 Å². The molecule has 1 atom stereocenters. The number of aryl methyl sites for hydroxylation is 1. The number of pyridine rings is 1. The Morgan fingerprint density at radius 2 is 1.88 bits per heavy atom. The number of aliphatic hydroxyl groups is 1. The van der Waals surface area contributed by atoms with Gasteiger partial charge in [0.25, 0.3) is 5.56 Å². The van der Waals surface area contributed by atoms with Crippen molar-refractivity contribution in [3.63, 3.8) is 0 Å². The molecule has 0 fully saturated rings. The largest absolute Gasteiger partial charge is 0.384 e. The van der Waals surface area contributed by atoms with Crippen LogP contribution in [-0.2, 0) is 0 Å². The molecule has 2 rings (SSSR count). The average molecular weight is 215 g/mol. The Hall–Kier alpha value is -1.87. The van der Waals surface area contributed by atoms with E-state index in [4.69, 9.17) is 0 Å². The van der Waals surface area contributed by atoms with E-state index in [1.165, 1.54) is 0 Å². The Morgan fingerprint density at radius 3 is 2.50 bits per heavy atom. The van der Waals surface area contributed by atoms with Crippen molar-refractivity contribution < 1.29 is 5.11 Å².